The molecule has 0 spiro atoms. The highest BCUT2D eigenvalue weighted by Crippen LogP contribution is 2.26. The van der Waals surface area contributed by atoms with E-state index in [2.05, 4.69) is 17.6 Å². The molecular formula is C16H22N2O2. The lowest BCUT2D eigenvalue weighted by molar-refractivity contribution is 0.0922. The van der Waals surface area contributed by atoms with Crippen molar-refractivity contribution in [3.63, 3.8) is 0 Å². The fourth-order valence-corrected chi connectivity index (χ4v) is 3.04. The van der Waals surface area contributed by atoms with E-state index in [-0.39, 0.29) is 11.9 Å². The molecule has 20 heavy (non-hydrogen) atoms. The zero-order chi connectivity index (χ0) is 13.9. The van der Waals surface area contributed by atoms with Gasteiger partial charge in [0.25, 0.3) is 5.91 Å². The van der Waals surface area contributed by atoms with Crippen LogP contribution in [-0.2, 0) is 6.42 Å². The number of rotatable bonds is 3. The molecule has 108 valence electrons. The first kappa shape index (κ1) is 13.4. The van der Waals surface area contributed by atoms with Crippen molar-refractivity contribution in [1.82, 2.24) is 10.6 Å². The first-order valence-electron chi connectivity index (χ1n) is 7.51. The van der Waals surface area contributed by atoms with Crippen LogP contribution >= 0.6 is 0 Å². The number of nitrogens with one attached hydrogen (secondary N) is 2. The molecule has 4 heteroatoms. The second-order valence-corrected chi connectivity index (χ2v) is 5.79. The van der Waals surface area contributed by atoms with E-state index in [1.54, 1.807) is 0 Å². The molecule has 0 saturated carbocycles. The minimum Gasteiger partial charge on any atom is -0.493 e. The van der Waals surface area contributed by atoms with Crippen LogP contribution in [0.1, 0.15) is 35.7 Å². The number of benzene rings is 1. The lowest BCUT2D eigenvalue weighted by atomic mass is 9.92. The average Bonchev–Trinajstić information content (AvgIpc) is 2.95. The smallest absolute Gasteiger partial charge is 0.251 e. The van der Waals surface area contributed by atoms with Gasteiger partial charge in [0.15, 0.2) is 0 Å². The Hall–Kier alpha value is -1.55. The molecule has 1 fully saturated rings. The van der Waals surface area contributed by atoms with Crippen LogP contribution < -0.4 is 15.4 Å². The number of carbonyl (C=O) groups excluding carboxylic acids is 1. The fourth-order valence-electron chi connectivity index (χ4n) is 3.04. The highest BCUT2D eigenvalue weighted by Gasteiger charge is 2.22. The Bertz CT molecular complexity index is 495. The van der Waals surface area contributed by atoms with Crippen LogP contribution in [0.5, 0.6) is 5.75 Å². The maximum Gasteiger partial charge on any atom is 0.251 e. The molecule has 1 aromatic rings. The van der Waals surface area contributed by atoms with Crippen molar-refractivity contribution in [3.05, 3.63) is 29.3 Å². The van der Waals surface area contributed by atoms with Crippen LogP contribution in [0.2, 0.25) is 0 Å². The van der Waals surface area contributed by atoms with E-state index in [1.165, 1.54) is 12.8 Å². The van der Waals surface area contributed by atoms with Gasteiger partial charge >= 0.3 is 0 Å². The summed E-state index contributed by atoms with van der Waals surface area (Å²) in [5.74, 6) is 1.48. The van der Waals surface area contributed by atoms with Crippen LogP contribution in [0.3, 0.4) is 0 Å². The summed E-state index contributed by atoms with van der Waals surface area (Å²) >= 11 is 0. The molecule has 0 radical (unpaired) electrons. The van der Waals surface area contributed by atoms with Crippen molar-refractivity contribution in [1.29, 1.82) is 0 Å². The number of ether oxygens (including phenoxy) is 1. The van der Waals surface area contributed by atoms with Gasteiger partial charge in [0.1, 0.15) is 5.75 Å². The maximum absolute atomic E-state index is 12.3. The van der Waals surface area contributed by atoms with E-state index in [0.717, 1.165) is 43.0 Å². The first-order chi connectivity index (χ1) is 9.74. The number of piperidine rings is 1. The molecule has 2 aliphatic heterocycles. The van der Waals surface area contributed by atoms with Crippen molar-refractivity contribution in [3.8, 4) is 5.75 Å². The number of hydrogen-bond donors (Lipinski definition) is 2. The van der Waals surface area contributed by atoms with Crippen molar-refractivity contribution < 1.29 is 9.53 Å². The first-order valence-corrected chi connectivity index (χ1v) is 7.51. The van der Waals surface area contributed by atoms with Crippen LogP contribution in [0.4, 0.5) is 0 Å². The Morgan fingerprint density at radius 1 is 1.50 bits per heavy atom. The van der Waals surface area contributed by atoms with E-state index < -0.39 is 0 Å². The highest BCUT2D eigenvalue weighted by atomic mass is 16.5. The van der Waals surface area contributed by atoms with Crippen molar-refractivity contribution in [2.75, 3.05) is 19.7 Å². The number of carbonyl (C=O) groups is 1. The van der Waals surface area contributed by atoms with Gasteiger partial charge in [-0.3, -0.25) is 4.79 Å². The van der Waals surface area contributed by atoms with E-state index in [9.17, 15) is 4.79 Å². The van der Waals surface area contributed by atoms with Crippen LogP contribution in [0.15, 0.2) is 18.2 Å². The van der Waals surface area contributed by atoms with E-state index in [0.29, 0.717) is 5.92 Å². The van der Waals surface area contributed by atoms with Gasteiger partial charge in [0.2, 0.25) is 0 Å². The average molecular weight is 274 g/mol. The summed E-state index contributed by atoms with van der Waals surface area (Å²) in [4.78, 5) is 12.3. The minimum atomic E-state index is 0.0257. The lowest BCUT2D eigenvalue weighted by Crippen LogP contribution is -2.44. The SMILES string of the molecule is CC(NC(=O)c1ccc2c(c1)CCO2)C1CCCNC1. The number of fused-ring (bicyclic) bond motifs is 1. The van der Waals surface area contributed by atoms with Gasteiger partial charge in [0, 0.05) is 18.0 Å². The summed E-state index contributed by atoms with van der Waals surface area (Å²) < 4.78 is 5.47. The Kier molecular flexibility index (Phi) is 3.92. The predicted octanol–water partition coefficient (Wildman–Crippen LogP) is 1.74. The molecule has 2 N–H and O–H groups in total. The zero-order valence-corrected chi connectivity index (χ0v) is 11.9. The fraction of sp³-hybridized carbons (Fsp3) is 0.562. The van der Waals surface area contributed by atoms with Gasteiger partial charge < -0.3 is 15.4 Å². The van der Waals surface area contributed by atoms with Crippen LogP contribution in [-0.4, -0.2) is 31.6 Å². The third-order valence-electron chi connectivity index (χ3n) is 4.35. The van der Waals surface area contributed by atoms with E-state index in [4.69, 9.17) is 4.74 Å². The Labute approximate surface area is 119 Å². The second-order valence-electron chi connectivity index (χ2n) is 5.79. The molecule has 2 heterocycles. The summed E-state index contributed by atoms with van der Waals surface area (Å²) in [6.07, 6.45) is 3.28. The molecule has 2 aliphatic rings. The van der Waals surface area contributed by atoms with Crippen LogP contribution in [0, 0.1) is 5.92 Å². The zero-order valence-electron chi connectivity index (χ0n) is 11.9. The summed E-state index contributed by atoms with van der Waals surface area (Å²) in [5.41, 5.74) is 1.88. The lowest BCUT2D eigenvalue weighted by Gasteiger charge is -2.29. The Morgan fingerprint density at radius 3 is 3.20 bits per heavy atom. The monoisotopic (exact) mass is 274 g/mol. The molecule has 2 unspecified atom stereocenters. The molecule has 3 rings (SSSR count). The predicted molar refractivity (Wildman–Crippen MR) is 78.2 cm³/mol. The molecule has 1 saturated heterocycles. The van der Waals surface area contributed by atoms with Gasteiger partial charge in [-0.2, -0.15) is 0 Å². The number of hydrogen-bond acceptors (Lipinski definition) is 3. The summed E-state index contributed by atoms with van der Waals surface area (Å²) in [6, 6.07) is 5.93. The summed E-state index contributed by atoms with van der Waals surface area (Å²) in [5, 5.41) is 6.53. The topological polar surface area (TPSA) is 50.4 Å². The van der Waals surface area contributed by atoms with Gasteiger partial charge in [0.05, 0.1) is 6.61 Å². The molecular weight excluding hydrogens is 252 g/mol. The normalized spacial score (nSPS) is 22.8. The quantitative estimate of drug-likeness (QED) is 0.882. The highest BCUT2D eigenvalue weighted by molar-refractivity contribution is 5.94. The molecule has 1 amide bonds. The van der Waals surface area contributed by atoms with Crippen molar-refractivity contribution in [2.24, 2.45) is 5.92 Å². The van der Waals surface area contributed by atoms with E-state index in [1.807, 2.05) is 18.2 Å². The molecule has 2 atom stereocenters. The van der Waals surface area contributed by atoms with Crippen LogP contribution in [0.25, 0.3) is 0 Å². The molecule has 0 bridgehead atoms. The maximum atomic E-state index is 12.3. The van der Waals surface area contributed by atoms with Crippen molar-refractivity contribution in [2.45, 2.75) is 32.2 Å². The summed E-state index contributed by atoms with van der Waals surface area (Å²) in [7, 11) is 0. The summed E-state index contributed by atoms with van der Waals surface area (Å²) in [6.45, 7) is 4.93. The Morgan fingerprint density at radius 2 is 2.40 bits per heavy atom. The molecule has 0 aliphatic carbocycles. The minimum absolute atomic E-state index is 0.0257. The van der Waals surface area contributed by atoms with Crippen molar-refractivity contribution >= 4 is 5.91 Å². The Balaban J connectivity index is 1.63. The third kappa shape index (κ3) is 2.80. The van der Waals surface area contributed by atoms with Gasteiger partial charge in [-0.15, -0.1) is 0 Å². The standard InChI is InChI=1S/C16H22N2O2/c1-11(14-3-2-7-17-10-14)18-16(19)13-4-5-15-12(9-13)6-8-20-15/h4-5,9,11,14,17H,2-3,6-8,10H2,1H3,(H,18,19). The van der Waals surface area contributed by atoms with Gasteiger partial charge in [-0.25, -0.2) is 0 Å². The molecule has 4 nitrogen and oxygen atoms in total. The molecule has 1 aromatic carbocycles. The largest absolute Gasteiger partial charge is 0.493 e. The third-order valence-corrected chi connectivity index (χ3v) is 4.35. The van der Waals surface area contributed by atoms with Gasteiger partial charge in [-0.05, 0) is 62.5 Å². The number of amides is 1. The van der Waals surface area contributed by atoms with E-state index >= 15 is 0 Å². The second kappa shape index (κ2) is 5.83. The van der Waals surface area contributed by atoms with Gasteiger partial charge in [-0.1, -0.05) is 0 Å². The molecule has 0 aromatic heterocycles.